The van der Waals surface area contributed by atoms with E-state index >= 15 is 0 Å². The maximum Gasteiger partial charge on any atom is 0.432 e. The van der Waals surface area contributed by atoms with Crippen molar-refractivity contribution in [2.24, 2.45) is 0 Å². The van der Waals surface area contributed by atoms with E-state index in [1.807, 2.05) is 0 Å². The van der Waals surface area contributed by atoms with E-state index in [4.69, 9.17) is 10.4 Å². The SMILES string of the molecule is CB(O)/C(=C/C(=N)C(F)(F)F)N(C)C. The van der Waals surface area contributed by atoms with E-state index in [1.54, 1.807) is 0 Å². The third-order valence-electron chi connectivity index (χ3n) is 1.54. The summed E-state index contributed by atoms with van der Waals surface area (Å²) in [4.78, 5) is 1.34. The van der Waals surface area contributed by atoms with Crippen molar-refractivity contribution < 1.29 is 18.2 Å². The molecule has 0 fully saturated rings. The number of allylic oxidation sites excluding steroid dienone is 1. The van der Waals surface area contributed by atoms with Gasteiger partial charge in [-0.3, -0.25) is 5.41 Å². The Morgan fingerprint density at radius 2 is 1.86 bits per heavy atom. The topological polar surface area (TPSA) is 47.3 Å². The zero-order chi connectivity index (χ0) is 11.5. The van der Waals surface area contributed by atoms with Crippen LogP contribution in [0.4, 0.5) is 13.2 Å². The fraction of sp³-hybridized carbons (Fsp3) is 0.571. The molecule has 0 aliphatic heterocycles. The fourth-order valence-corrected chi connectivity index (χ4v) is 0.853. The van der Waals surface area contributed by atoms with Crippen molar-refractivity contribution in [3.63, 3.8) is 0 Å². The highest BCUT2D eigenvalue weighted by atomic mass is 19.4. The van der Waals surface area contributed by atoms with E-state index in [1.165, 1.54) is 25.8 Å². The predicted molar refractivity (Wildman–Crippen MR) is 49.4 cm³/mol. The number of hydrogen-bond donors (Lipinski definition) is 2. The standard InChI is InChI=1S/C7H12BF3N2O/c1-8(14)6(13(2)3)4-5(12)7(9,10)11/h4,12,14H,1-3H3/b6-4-,12-5?. The van der Waals surface area contributed by atoms with Crippen molar-refractivity contribution in [1.29, 1.82) is 5.41 Å². The third kappa shape index (κ3) is 3.82. The van der Waals surface area contributed by atoms with E-state index < -0.39 is 18.8 Å². The summed E-state index contributed by atoms with van der Waals surface area (Å²) in [5, 5.41) is 15.8. The second-order valence-corrected chi connectivity index (χ2v) is 3.05. The van der Waals surface area contributed by atoms with Gasteiger partial charge in [-0.1, -0.05) is 6.82 Å². The Kier molecular flexibility index (Phi) is 4.19. The van der Waals surface area contributed by atoms with Gasteiger partial charge in [-0.2, -0.15) is 13.2 Å². The summed E-state index contributed by atoms with van der Waals surface area (Å²) in [6.45, 7) is 0.308. The van der Waals surface area contributed by atoms with Crippen LogP contribution in [0.2, 0.25) is 6.82 Å². The van der Waals surface area contributed by atoms with Gasteiger partial charge < -0.3 is 9.92 Å². The summed E-state index contributed by atoms with van der Waals surface area (Å²) >= 11 is 0. The molecular formula is C7H12BF3N2O. The Morgan fingerprint density at radius 3 is 2.07 bits per heavy atom. The van der Waals surface area contributed by atoms with Gasteiger partial charge in [0.15, 0.2) is 0 Å². The molecule has 0 unspecified atom stereocenters. The smallest absolute Gasteiger partial charge is 0.432 e. The lowest BCUT2D eigenvalue weighted by Crippen LogP contribution is -2.28. The summed E-state index contributed by atoms with van der Waals surface area (Å²) in [6, 6.07) is 0. The molecule has 0 saturated carbocycles. The number of rotatable bonds is 3. The molecule has 0 rings (SSSR count). The number of alkyl halides is 3. The fourth-order valence-electron chi connectivity index (χ4n) is 0.853. The quantitative estimate of drug-likeness (QED) is 0.540. The molecule has 7 heteroatoms. The number of nitrogens with one attached hydrogen (secondary N) is 1. The van der Waals surface area contributed by atoms with Crippen molar-refractivity contribution >= 4 is 12.6 Å². The third-order valence-corrected chi connectivity index (χ3v) is 1.54. The Labute approximate surface area is 80.8 Å². The zero-order valence-electron chi connectivity index (χ0n) is 8.18. The molecular weight excluding hydrogens is 196 g/mol. The van der Waals surface area contributed by atoms with Gasteiger partial charge in [-0.05, 0) is 6.08 Å². The number of halogens is 3. The molecule has 0 spiro atoms. The van der Waals surface area contributed by atoms with Crippen LogP contribution >= 0.6 is 0 Å². The first kappa shape index (κ1) is 13.0. The van der Waals surface area contributed by atoms with Crippen LogP contribution in [0.25, 0.3) is 0 Å². The molecule has 0 aromatic carbocycles. The molecule has 0 heterocycles. The highest BCUT2D eigenvalue weighted by Gasteiger charge is 2.33. The van der Waals surface area contributed by atoms with Crippen LogP contribution in [0.1, 0.15) is 0 Å². The average molecular weight is 208 g/mol. The van der Waals surface area contributed by atoms with Crippen LogP contribution < -0.4 is 0 Å². The summed E-state index contributed by atoms with van der Waals surface area (Å²) in [5.74, 6) is 0. The zero-order valence-corrected chi connectivity index (χ0v) is 8.18. The molecule has 0 aromatic rings. The van der Waals surface area contributed by atoms with Crippen molar-refractivity contribution in [3.05, 3.63) is 11.7 Å². The number of hydrogen-bond acceptors (Lipinski definition) is 3. The number of nitrogens with zero attached hydrogens (tertiary/aromatic N) is 1. The molecule has 0 atom stereocenters. The molecule has 0 radical (unpaired) electrons. The van der Waals surface area contributed by atoms with Gasteiger partial charge in [0.05, 0.1) is 0 Å². The molecule has 80 valence electrons. The first-order valence-corrected chi connectivity index (χ1v) is 3.89. The van der Waals surface area contributed by atoms with Crippen molar-refractivity contribution in [2.75, 3.05) is 14.1 Å². The van der Waals surface area contributed by atoms with Crippen LogP contribution in [-0.4, -0.2) is 42.8 Å². The van der Waals surface area contributed by atoms with Crippen LogP contribution in [0.15, 0.2) is 11.7 Å². The largest absolute Gasteiger partial charge is 0.446 e. The first-order chi connectivity index (χ1) is 6.16. The second kappa shape index (κ2) is 4.50. The molecule has 3 nitrogen and oxygen atoms in total. The monoisotopic (exact) mass is 208 g/mol. The highest BCUT2D eigenvalue weighted by Crippen LogP contribution is 2.18. The van der Waals surface area contributed by atoms with Gasteiger partial charge in [0.2, 0.25) is 0 Å². The van der Waals surface area contributed by atoms with Gasteiger partial charge in [-0.15, -0.1) is 0 Å². The molecule has 0 amide bonds. The Morgan fingerprint density at radius 1 is 1.43 bits per heavy atom. The summed E-state index contributed by atoms with van der Waals surface area (Å²) in [6.07, 6.45) is -4.05. The molecule has 0 aromatic heterocycles. The van der Waals surface area contributed by atoms with Crippen molar-refractivity contribution in [2.45, 2.75) is 13.0 Å². The molecule has 0 saturated heterocycles. The van der Waals surface area contributed by atoms with Crippen molar-refractivity contribution in [1.82, 2.24) is 4.90 Å². The summed E-state index contributed by atoms with van der Waals surface area (Å²) in [5.41, 5.74) is -1.42. The Balaban J connectivity index is 4.85. The minimum Gasteiger partial charge on any atom is -0.446 e. The lowest BCUT2D eigenvalue weighted by molar-refractivity contribution is -0.0584. The molecule has 0 aliphatic carbocycles. The summed E-state index contributed by atoms with van der Waals surface area (Å²) < 4.78 is 35.9. The van der Waals surface area contributed by atoms with Crippen LogP contribution in [-0.2, 0) is 0 Å². The van der Waals surface area contributed by atoms with E-state index in [0.717, 1.165) is 0 Å². The minimum absolute atomic E-state index is 0.0484. The maximum atomic E-state index is 12.0. The average Bonchev–Trinajstić information content (AvgIpc) is 1.96. The molecule has 0 bridgehead atoms. The lowest BCUT2D eigenvalue weighted by atomic mass is 9.67. The lowest BCUT2D eigenvalue weighted by Gasteiger charge is -2.18. The van der Waals surface area contributed by atoms with Gasteiger partial charge in [0, 0.05) is 19.7 Å². The first-order valence-electron chi connectivity index (χ1n) is 3.89. The van der Waals surface area contributed by atoms with Gasteiger partial charge in [0.1, 0.15) is 5.71 Å². The predicted octanol–water partition coefficient (Wildman–Crippen LogP) is 1.17. The molecule has 0 aliphatic rings. The van der Waals surface area contributed by atoms with Crippen molar-refractivity contribution in [3.8, 4) is 0 Å². The van der Waals surface area contributed by atoms with E-state index in [-0.39, 0.29) is 5.60 Å². The highest BCUT2D eigenvalue weighted by molar-refractivity contribution is 6.57. The Hall–Kier alpha value is -0.975. The van der Waals surface area contributed by atoms with E-state index in [0.29, 0.717) is 6.08 Å². The van der Waals surface area contributed by atoms with Crippen LogP contribution in [0.5, 0.6) is 0 Å². The minimum atomic E-state index is -4.67. The van der Waals surface area contributed by atoms with E-state index in [2.05, 4.69) is 0 Å². The van der Waals surface area contributed by atoms with Crippen LogP contribution in [0.3, 0.4) is 0 Å². The second-order valence-electron chi connectivity index (χ2n) is 3.05. The molecule has 14 heavy (non-hydrogen) atoms. The Bertz CT molecular complexity index is 238. The van der Waals surface area contributed by atoms with Gasteiger partial charge in [-0.25, -0.2) is 0 Å². The summed E-state index contributed by atoms with van der Waals surface area (Å²) in [7, 11) is 3.00. The van der Waals surface area contributed by atoms with Crippen LogP contribution in [0, 0.1) is 5.41 Å². The molecule has 2 N–H and O–H groups in total. The maximum absolute atomic E-state index is 12.0. The van der Waals surface area contributed by atoms with Gasteiger partial charge >= 0.3 is 13.1 Å². The normalized spacial score (nSPS) is 12.6. The van der Waals surface area contributed by atoms with Gasteiger partial charge in [0.25, 0.3) is 0 Å². The van der Waals surface area contributed by atoms with E-state index in [9.17, 15) is 13.2 Å².